The van der Waals surface area contributed by atoms with Gasteiger partial charge in [-0.05, 0) is 42.7 Å². The number of carboxylic acids is 1. The molecule has 0 aliphatic carbocycles. The number of rotatable bonds is 4. The minimum absolute atomic E-state index is 0.0756. The van der Waals surface area contributed by atoms with Gasteiger partial charge in [-0.1, -0.05) is 28.1 Å². The Kier molecular flexibility index (Phi) is 5.15. The molecule has 1 aliphatic rings. The van der Waals surface area contributed by atoms with Gasteiger partial charge in [0, 0.05) is 23.9 Å². The summed E-state index contributed by atoms with van der Waals surface area (Å²) in [6.07, 6.45) is 2.38. The number of benzene rings is 1. The zero-order valence-electron chi connectivity index (χ0n) is 13.4. The Hall–Kier alpha value is -2.25. The molecule has 1 aromatic heterocycles. The van der Waals surface area contributed by atoms with E-state index in [9.17, 15) is 9.59 Å². The third-order valence-electron chi connectivity index (χ3n) is 4.43. The molecule has 1 amide bonds. The van der Waals surface area contributed by atoms with E-state index in [2.05, 4.69) is 26.2 Å². The summed E-state index contributed by atoms with van der Waals surface area (Å²) in [7, 11) is 0. The van der Waals surface area contributed by atoms with Gasteiger partial charge in [-0.3, -0.25) is 4.79 Å². The van der Waals surface area contributed by atoms with Crippen LogP contribution in [-0.4, -0.2) is 35.2 Å². The molecule has 0 saturated carbocycles. The van der Waals surface area contributed by atoms with E-state index in [1.165, 1.54) is 18.3 Å². The van der Waals surface area contributed by atoms with Crippen LogP contribution in [0.25, 0.3) is 0 Å². The Morgan fingerprint density at radius 3 is 2.36 bits per heavy atom. The number of hydrogen-bond donors (Lipinski definition) is 2. The molecule has 0 bridgehead atoms. The highest BCUT2D eigenvalue weighted by Crippen LogP contribution is 2.36. The lowest BCUT2D eigenvalue weighted by Gasteiger charge is -2.36. The van der Waals surface area contributed by atoms with Crippen molar-refractivity contribution < 1.29 is 19.4 Å². The predicted octanol–water partition coefficient (Wildman–Crippen LogP) is 3.23. The predicted molar refractivity (Wildman–Crippen MR) is 95.7 cm³/mol. The van der Waals surface area contributed by atoms with Crippen molar-refractivity contribution in [3.8, 4) is 0 Å². The van der Waals surface area contributed by atoms with Crippen molar-refractivity contribution in [1.29, 1.82) is 0 Å². The van der Waals surface area contributed by atoms with Gasteiger partial charge in [0.05, 0.1) is 11.0 Å². The van der Waals surface area contributed by atoms with Gasteiger partial charge in [0.1, 0.15) is 5.82 Å². The van der Waals surface area contributed by atoms with Gasteiger partial charge >= 0.3 is 5.97 Å². The van der Waals surface area contributed by atoms with Crippen LogP contribution in [-0.2, 0) is 14.9 Å². The Labute approximate surface area is 153 Å². The summed E-state index contributed by atoms with van der Waals surface area (Å²) >= 11 is 3.41. The number of nitrogens with one attached hydrogen (secondary N) is 1. The summed E-state index contributed by atoms with van der Waals surface area (Å²) in [5.74, 6) is -0.882. The van der Waals surface area contributed by atoms with Crippen LogP contribution in [0.15, 0.2) is 47.1 Å². The van der Waals surface area contributed by atoms with Crippen molar-refractivity contribution in [2.24, 2.45) is 0 Å². The van der Waals surface area contributed by atoms with Gasteiger partial charge in [-0.25, -0.2) is 9.78 Å². The SMILES string of the molecule is O=C(O)c1ccc(NC(=O)C2(c3ccc(Br)cc3)CCOCC2)nc1. The molecule has 2 N–H and O–H groups in total. The first-order valence-corrected chi connectivity index (χ1v) is 8.65. The molecule has 25 heavy (non-hydrogen) atoms. The number of hydrogen-bond acceptors (Lipinski definition) is 4. The first-order chi connectivity index (χ1) is 12.0. The van der Waals surface area contributed by atoms with E-state index in [0.29, 0.717) is 31.9 Å². The zero-order valence-corrected chi connectivity index (χ0v) is 15.0. The van der Waals surface area contributed by atoms with Gasteiger partial charge in [0.15, 0.2) is 0 Å². The van der Waals surface area contributed by atoms with Crippen molar-refractivity contribution in [1.82, 2.24) is 4.98 Å². The second-order valence-corrected chi connectivity index (χ2v) is 6.81. The number of nitrogens with zero attached hydrogens (tertiary/aromatic N) is 1. The van der Waals surface area contributed by atoms with E-state index in [0.717, 1.165) is 10.0 Å². The smallest absolute Gasteiger partial charge is 0.337 e. The molecule has 3 rings (SSSR count). The molecule has 2 aromatic rings. The number of halogens is 1. The minimum Gasteiger partial charge on any atom is -0.478 e. The number of carbonyl (C=O) groups excluding carboxylic acids is 1. The number of carbonyl (C=O) groups is 2. The number of pyridine rings is 1. The number of amides is 1. The molecule has 2 heterocycles. The molecule has 130 valence electrons. The fraction of sp³-hybridized carbons (Fsp3) is 0.278. The van der Waals surface area contributed by atoms with Crippen molar-refractivity contribution in [2.75, 3.05) is 18.5 Å². The van der Waals surface area contributed by atoms with Crippen molar-refractivity contribution >= 4 is 33.6 Å². The minimum atomic E-state index is -1.05. The molecule has 1 aromatic carbocycles. The number of carboxylic acid groups (broad SMARTS) is 1. The van der Waals surface area contributed by atoms with Crippen LogP contribution in [0.2, 0.25) is 0 Å². The lowest BCUT2D eigenvalue weighted by atomic mass is 9.73. The maximum absolute atomic E-state index is 13.1. The second kappa shape index (κ2) is 7.33. The van der Waals surface area contributed by atoms with Crippen LogP contribution in [0.5, 0.6) is 0 Å². The van der Waals surface area contributed by atoms with Gasteiger partial charge in [0.2, 0.25) is 5.91 Å². The highest BCUT2D eigenvalue weighted by Gasteiger charge is 2.41. The van der Waals surface area contributed by atoms with Crippen LogP contribution >= 0.6 is 15.9 Å². The number of ether oxygens (including phenoxy) is 1. The molecular weight excluding hydrogens is 388 g/mol. The quantitative estimate of drug-likeness (QED) is 0.816. The lowest BCUT2D eigenvalue weighted by Crippen LogP contribution is -2.45. The Bertz CT molecular complexity index is 769. The summed E-state index contributed by atoms with van der Waals surface area (Å²) in [5, 5.41) is 11.7. The first-order valence-electron chi connectivity index (χ1n) is 7.86. The van der Waals surface area contributed by atoms with Crippen molar-refractivity contribution in [2.45, 2.75) is 18.3 Å². The highest BCUT2D eigenvalue weighted by atomic mass is 79.9. The molecule has 0 spiro atoms. The molecule has 6 nitrogen and oxygen atoms in total. The highest BCUT2D eigenvalue weighted by molar-refractivity contribution is 9.10. The largest absolute Gasteiger partial charge is 0.478 e. The third-order valence-corrected chi connectivity index (χ3v) is 4.96. The van der Waals surface area contributed by atoms with Crippen LogP contribution in [0.3, 0.4) is 0 Å². The van der Waals surface area contributed by atoms with E-state index in [1.54, 1.807) is 0 Å². The Morgan fingerprint density at radius 2 is 1.80 bits per heavy atom. The van der Waals surface area contributed by atoms with Crippen molar-refractivity contribution in [3.63, 3.8) is 0 Å². The summed E-state index contributed by atoms with van der Waals surface area (Å²) in [6, 6.07) is 10.6. The van der Waals surface area contributed by atoms with Crippen LogP contribution in [0.1, 0.15) is 28.8 Å². The standard InChI is InChI=1S/C18H17BrN2O4/c19-14-4-2-13(3-5-14)18(7-9-25-10-8-18)17(24)21-15-6-1-12(11-20-15)16(22)23/h1-6,11H,7-10H2,(H,22,23)(H,20,21,24). The van der Waals surface area contributed by atoms with Crippen LogP contribution in [0, 0.1) is 0 Å². The summed E-state index contributed by atoms with van der Waals surface area (Å²) < 4.78 is 6.39. The van der Waals surface area contributed by atoms with Gasteiger partial charge < -0.3 is 15.2 Å². The molecule has 1 aliphatic heterocycles. The van der Waals surface area contributed by atoms with E-state index < -0.39 is 11.4 Å². The first kappa shape index (κ1) is 17.6. The average molecular weight is 405 g/mol. The Balaban J connectivity index is 1.87. The van der Waals surface area contributed by atoms with E-state index in [1.807, 2.05) is 24.3 Å². The number of aromatic nitrogens is 1. The summed E-state index contributed by atoms with van der Waals surface area (Å²) in [4.78, 5) is 28.0. The molecule has 1 saturated heterocycles. The maximum atomic E-state index is 13.1. The summed E-state index contributed by atoms with van der Waals surface area (Å²) in [6.45, 7) is 1.02. The van der Waals surface area contributed by atoms with Gasteiger partial charge in [-0.15, -0.1) is 0 Å². The molecule has 0 atom stereocenters. The number of anilines is 1. The van der Waals surface area contributed by atoms with E-state index in [4.69, 9.17) is 9.84 Å². The zero-order chi connectivity index (χ0) is 17.9. The topological polar surface area (TPSA) is 88.5 Å². The number of aromatic carboxylic acids is 1. The van der Waals surface area contributed by atoms with Crippen molar-refractivity contribution in [3.05, 3.63) is 58.2 Å². The normalized spacial score (nSPS) is 16.2. The van der Waals surface area contributed by atoms with Crippen LogP contribution < -0.4 is 5.32 Å². The van der Waals surface area contributed by atoms with Gasteiger partial charge in [-0.2, -0.15) is 0 Å². The molecular formula is C18H17BrN2O4. The molecule has 7 heteroatoms. The monoisotopic (exact) mass is 404 g/mol. The third kappa shape index (κ3) is 3.72. The van der Waals surface area contributed by atoms with Crippen LogP contribution in [0.4, 0.5) is 5.82 Å². The van der Waals surface area contributed by atoms with Gasteiger partial charge in [0.25, 0.3) is 0 Å². The molecule has 0 unspecified atom stereocenters. The summed E-state index contributed by atoms with van der Waals surface area (Å²) in [5.41, 5.74) is 0.317. The fourth-order valence-corrected chi connectivity index (χ4v) is 3.23. The lowest BCUT2D eigenvalue weighted by molar-refractivity contribution is -0.125. The van der Waals surface area contributed by atoms with E-state index in [-0.39, 0.29) is 11.5 Å². The molecule has 1 fully saturated rings. The average Bonchev–Trinajstić information content (AvgIpc) is 2.63. The maximum Gasteiger partial charge on any atom is 0.337 e. The van der Waals surface area contributed by atoms with E-state index >= 15 is 0 Å². The second-order valence-electron chi connectivity index (χ2n) is 5.89. The Morgan fingerprint density at radius 1 is 1.12 bits per heavy atom. The fourth-order valence-electron chi connectivity index (χ4n) is 2.97. The molecule has 0 radical (unpaired) electrons.